The maximum atomic E-state index is 10.4. The van der Waals surface area contributed by atoms with Crippen LogP contribution in [0.4, 0.5) is 0 Å². The normalized spacial score (nSPS) is 8.83. The molecule has 1 aromatic rings. The fourth-order valence-electron chi connectivity index (χ4n) is 0.726. The number of hydrogen-bond acceptors (Lipinski definition) is 1. The minimum atomic E-state index is -0.952. The zero-order valence-electron chi connectivity index (χ0n) is 6.47. The van der Waals surface area contributed by atoms with Crippen LogP contribution in [0.15, 0.2) is 18.2 Å². The van der Waals surface area contributed by atoms with Crippen LogP contribution in [0.25, 0.3) is 0 Å². The van der Waals surface area contributed by atoms with Gasteiger partial charge in [0, 0.05) is 5.02 Å². The van der Waals surface area contributed by atoms with Crippen LogP contribution in [0.2, 0.25) is 5.02 Å². The number of carbonyl (C=O) groups is 1. The molecule has 0 bridgehead atoms. The lowest BCUT2D eigenvalue weighted by molar-refractivity contribution is 0.0697. The summed E-state index contributed by atoms with van der Waals surface area (Å²) in [5.74, 6) is -0.952. The minimum absolute atomic E-state index is 0. The molecule has 0 saturated heterocycles. The molecule has 66 valence electrons. The zero-order chi connectivity index (χ0) is 8.43. The lowest BCUT2D eigenvalue weighted by Gasteiger charge is -1.97. The van der Waals surface area contributed by atoms with Crippen molar-refractivity contribution in [3.05, 3.63) is 34.3 Å². The second kappa shape index (κ2) is 4.38. The van der Waals surface area contributed by atoms with Gasteiger partial charge < -0.3 is 5.11 Å². The van der Waals surface area contributed by atoms with Gasteiger partial charge in [-0.3, -0.25) is 0 Å². The van der Waals surface area contributed by atoms with Crippen molar-refractivity contribution in [2.75, 3.05) is 0 Å². The van der Waals surface area contributed by atoms with Crippen LogP contribution in [0.3, 0.4) is 0 Å². The van der Waals surface area contributed by atoms with Gasteiger partial charge in [-0.1, -0.05) is 17.7 Å². The van der Waals surface area contributed by atoms with Crippen LogP contribution < -0.4 is 0 Å². The Bertz CT molecular complexity index is 299. The molecule has 4 heteroatoms. The van der Waals surface area contributed by atoms with Crippen molar-refractivity contribution in [1.29, 1.82) is 0 Å². The Morgan fingerprint density at radius 1 is 1.50 bits per heavy atom. The van der Waals surface area contributed by atoms with E-state index in [1.807, 2.05) is 6.92 Å². The monoisotopic (exact) mass is 204 g/mol. The summed E-state index contributed by atoms with van der Waals surface area (Å²) in [6.07, 6.45) is 0. The highest BCUT2D eigenvalue weighted by atomic mass is 35.5. The molecule has 1 rings (SSSR count). The number of rotatable bonds is 1. The minimum Gasteiger partial charge on any atom is -0.478 e. The number of benzene rings is 1. The average Bonchev–Trinajstić information content (AvgIpc) is 1.94. The third-order valence-corrected chi connectivity index (χ3v) is 1.83. The van der Waals surface area contributed by atoms with Gasteiger partial charge in [0.2, 0.25) is 0 Å². The van der Waals surface area contributed by atoms with Gasteiger partial charge in [-0.25, -0.2) is 4.79 Å². The SMILES string of the molecule is Cc1ccc(C(=O)O)cc1Cl.S. The Labute approximate surface area is 82.6 Å². The molecule has 2 nitrogen and oxygen atoms in total. The number of aromatic carboxylic acids is 1. The van der Waals surface area contributed by atoms with E-state index in [2.05, 4.69) is 0 Å². The number of carboxylic acids is 1. The molecule has 0 aromatic heterocycles. The maximum absolute atomic E-state index is 10.4. The highest BCUT2D eigenvalue weighted by Crippen LogP contribution is 2.16. The summed E-state index contributed by atoms with van der Waals surface area (Å²) in [5, 5.41) is 9.03. The molecule has 0 spiro atoms. The molecule has 0 saturated carbocycles. The van der Waals surface area contributed by atoms with Gasteiger partial charge in [0.25, 0.3) is 0 Å². The average molecular weight is 205 g/mol. The van der Waals surface area contributed by atoms with Crippen LogP contribution in [-0.4, -0.2) is 11.1 Å². The summed E-state index contributed by atoms with van der Waals surface area (Å²) < 4.78 is 0. The topological polar surface area (TPSA) is 37.3 Å². The van der Waals surface area contributed by atoms with Gasteiger partial charge in [0.15, 0.2) is 0 Å². The predicted octanol–water partition coefficient (Wildman–Crippen LogP) is 2.46. The zero-order valence-corrected chi connectivity index (χ0v) is 8.22. The molecular weight excluding hydrogens is 196 g/mol. The van der Waals surface area contributed by atoms with E-state index < -0.39 is 5.97 Å². The molecule has 0 aliphatic heterocycles. The summed E-state index contributed by atoms with van der Waals surface area (Å²) in [5.41, 5.74) is 1.11. The fourth-order valence-corrected chi connectivity index (χ4v) is 0.906. The van der Waals surface area contributed by atoms with Gasteiger partial charge in [0.1, 0.15) is 0 Å². The molecule has 1 N–H and O–H groups in total. The summed E-state index contributed by atoms with van der Waals surface area (Å²) in [7, 11) is 0. The molecule has 0 heterocycles. The van der Waals surface area contributed by atoms with E-state index in [1.165, 1.54) is 12.1 Å². The number of aryl methyl sites for hydroxylation is 1. The van der Waals surface area contributed by atoms with E-state index in [4.69, 9.17) is 16.7 Å². The van der Waals surface area contributed by atoms with E-state index in [0.29, 0.717) is 5.02 Å². The van der Waals surface area contributed by atoms with Crippen molar-refractivity contribution in [3.8, 4) is 0 Å². The van der Waals surface area contributed by atoms with Crippen molar-refractivity contribution in [1.82, 2.24) is 0 Å². The summed E-state index contributed by atoms with van der Waals surface area (Å²) >= 11 is 5.69. The highest BCUT2D eigenvalue weighted by Gasteiger charge is 2.03. The summed E-state index contributed by atoms with van der Waals surface area (Å²) in [4.78, 5) is 10.4. The first-order valence-electron chi connectivity index (χ1n) is 3.10. The van der Waals surface area contributed by atoms with E-state index in [9.17, 15) is 4.79 Å². The second-order valence-electron chi connectivity index (χ2n) is 2.27. The molecule has 0 amide bonds. The van der Waals surface area contributed by atoms with Crippen LogP contribution in [0.5, 0.6) is 0 Å². The van der Waals surface area contributed by atoms with E-state index in [1.54, 1.807) is 6.07 Å². The van der Waals surface area contributed by atoms with Crippen molar-refractivity contribution in [2.24, 2.45) is 0 Å². The van der Waals surface area contributed by atoms with Crippen LogP contribution >= 0.6 is 25.1 Å². The molecule has 0 radical (unpaired) electrons. The molecule has 0 unspecified atom stereocenters. The molecule has 1 aromatic carbocycles. The van der Waals surface area contributed by atoms with Gasteiger partial charge in [-0.15, -0.1) is 0 Å². The second-order valence-corrected chi connectivity index (χ2v) is 2.68. The van der Waals surface area contributed by atoms with E-state index in [-0.39, 0.29) is 19.1 Å². The predicted molar refractivity (Wildman–Crippen MR) is 53.5 cm³/mol. The number of hydrogen-bond donors (Lipinski definition) is 1. The molecule has 0 fully saturated rings. The molecule has 0 atom stereocenters. The number of carboxylic acid groups (broad SMARTS) is 1. The van der Waals surface area contributed by atoms with Crippen molar-refractivity contribution in [3.63, 3.8) is 0 Å². The first kappa shape index (κ1) is 11.3. The lowest BCUT2D eigenvalue weighted by Crippen LogP contribution is -1.95. The van der Waals surface area contributed by atoms with E-state index in [0.717, 1.165) is 5.56 Å². The Kier molecular flexibility index (Phi) is 4.13. The van der Waals surface area contributed by atoms with Crippen LogP contribution in [0.1, 0.15) is 15.9 Å². The van der Waals surface area contributed by atoms with Gasteiger partial charge in [-0.2, -0.15) is 13.5 Å². The first-order valence-corrected chi connectivity index (χ1v) is 3.48. The van der Waals surface area contributed by atoms with E-state index >= 15 is 0 Å². The maximum Gasteiger partial charge on any atom is 0.335 e. The third kappa shape index (κ3) is 2.43. The summed E-state index contributed by atoms with van der Waals surface area (Å²) in [6.45, 7) is 1.83. The quantitative estimate of drug-likeness (QED) is 0.763. The Morgan fingerprint density at radius 2 is 2.08 bits per heavy atom. The lowest BCUT2D eigenvalue weighted by atomic mass is 10.1. The molecule has 12 heavy (non-hydrogen) atoms. The van der Waals surface area contributed by atoms with Crippen molar-refractivity contribution in [2.45, 2.75) is 6.92 Å². The Morgan fingerprint density at radius 3 is 2.50 bits per heavy atom. The van der Waals surface area contributed by atoms with Crippen LogP contribution in [0, 0.1) is 6.92 Å². The van der Waals surface area contributed by atoms with Crippen LogP contribution in [-0.2, 0) is 0 Å². The fraction of sp³-hybridized carbons (Fsp3) is 0.125. The first-order chi connectivity index (χ1) is 5.11. The molecule has 0 aliphatic rings. The number of halogens is 1. The Hall–Kier alpha value is -0.670. The molecule has 0 aliphatic carbocycles. The standard InChI is InChI=1S/C8H7ClO2.H2S/c1-5-2-3-6(8(10)11)4-7(5)9;/h2-4H,1H3,(H,10,11);1H2. The van der Waals surface area contributed by atoms with Crippen molar-refractivity contribution < 1.29 is 9.90 Å². The third-order valence-electron chi connectivity index (χ3n) is 1.42. The van der Waals surface area contributed by atoms with Crippen molar-refractivity contribution >= 4 is 31.1 Å². The summed E-state index contributed by atoms with van der Waals surface area (Å²) in [6, 6.07) is 4.66. The highest BCUT2D eigenvalue weighted by molar-refractivity contribution is 7.59. The smallest absolute Gasteiger partial charge is 0.335 e. The van der Waals surface area contributed by atoms with Gasteiger partial charge in [0.05, 0.1) is 5.56 Å². The Balaban J connectivity index is 0.00000121. The van der Waals surface area contributed by atoms with Gasteiger partial charge in [-0.05, 0) is 24.6 Å². The molecular formula is C8H9ClO2S. The largest absolute Gasteiger partial charge is 0.478 e. The van der Waals surface area contributed by atoms with Gasteiger partial charge >= 0.3 is 5.97 Å².